The average molecular weight is 214 g/mol. The van der Waals surface area contributed by atoms with E-state index in [1.165, 1.54) is 7.11 Å². The van der Waals surface area contributed by atoms with Gasteiger partial charge in [-0.2, -0.15) is 0 Å². The first kappa shape index (κ1) is 12.2. The van der Waals surface area contributed by atoms with E-state index in [9.17, 15) is 9.59 Å². The van der Waals surface area contributed by atoms with Crippen LogP contribution in [0, 0.1) is 5.92 Å². The molecule has 15 heavy (non-hydrogen) atoms. The molecular formula is C11H18O4. The number of ether oxygens (including phenoxy) is 2. The van der Waals surface area contributed by atoms with E-state index in [4.69, 9.17) is 4.74 Å². The fraction of sp³-hybridized carbons (Fsp3) is 0.818. The van der Waals surface area contributed by atoms with Gasteiger partial charge in [0, 0.05) is 6.42 Å². The van der Waals surface area contributed by atoms with Gasteiger partial charge in [0.1, 0.15) is 5.60 Å². The van der Waals surface area contributed by atoms with Crippen molar-refractivity contribution in [2.45, 2.75) is 45.3 Å². The summed E-state index contributed by atoms with van der Waals surface area (Å²) in [6.07, 6.45) is 0.187. The van der Waals surface area contributed by atoms with E-state index < -0.39 is 17.1 Å². The second-order valence-corrected chi connectivity index (χ2v) is 4.92. The summed E-state index contributed by atoms with van der Waals surface area (Å²) in [5.41, 5.74) is -1.47. The Morgan fingerprint density at radius 3 is 2.40 bits per heavy atom. The number of Topliss-reactive ketones (excluding diaryl/α,β-unsaturated/α-hetero) is 1. The fourth-order valence-corrected chi connectivity index (χ4v) is 1.97. The number of hydrogen-bond donors (Lipinski definition) is 0. The first-order valence-corrected chi connectivity index (χ1v) is 5.02. The molecule has 4 heteroatoms. The van der Waals surface area contributed by atoms with Gasteiger partial charge < -0.3 is 9.47 Å². The van der Waals surface area contributed by atoms with Crippen molar-refractivity contribution in [3.8, 4) is 0 Å². The second kappa shape index (κ2) is 3.59. The molecule has 86 valence electrons. The summed E-state index contributed by atoms with van der Waals surface area (Å²) < 4.78 is 10.3. The van der Waals surface area contributed by atoms with Gasteiger partial charge in [-0.15, -0.1) is 0 Å². The van der Waals surface area contributed by atoms with E-state index in [1.807, 2.05) is 13.8 Å². The highest BCUT2D eigenvalue weighted by Crippen LogP contribution is 2.37. The number of hydrogen-bond acceptors (Lipinski definition) is 4. The quantitative estimate of drug-likeness (QED) is 0.618. The van der Waals surface area contributed by atoms with Crippen LogP contribution in [0.1, 0.15) is 34.1 Å². The minimum Gasteiger partial charge on any atom is -0.469 e. The van der Waals surface area contributed by atoms with Crippen molar-refractivity contribution in [1.29, 1.82) is 0 Å². The van der Waals surface area contributed by atoms with Crippen molar-refractivity contribution in [2.75, 3.05) is 7.11 Å². The SMILES string of the molecule is COC(=O)C1CC(=O)C(C)(C)OC1(C)C. The molecule has 0 saturated carbocycles. The van der Waals surface area contributed by atoms with E-state index in [-0.39, 0.29) is 18.2 Å². The second-order valence-electron chi connectivity index (χ2n) is 4.92. The molecule has 1 aliphatic rings. The van der Waals surface area contributed by atoms with Gasteiger partial charge in [-0.3, -0.25) is 9.59 Å². The monoisotopic (exact) mass is 214 g/mol. The molecule has 0 radical (unpaired) electrons. The Balaban J connectivity index is 2.94. The standard InChI is InChI=1S/C11H18O4/c1-10(2)7(9(13)14-5)6-8(12)11(3,4)15-10/h7H,6H2,1-5H3. The predicted octanol–water partition coefficient (Wildman–Crippen LogP) is 1.32. The van der Waals surface area contributed by atoms with Crippen LogP contribution in [-0.2, 0) is 19.1 Å². The van der Waals surface area contributed by atoms with Crippen molar-refractivity contribution in [1.82, 2.24) is 0 Å². The Morgan fingerprint density at radius 1 is 1.40 bits per heavy atom. The number of ketones is 1. The highest BCUT2D eigenvalue weighted by atomic mass is 16.5. The van der Waals surface area contributed by atoms with E-state index >= 15 is 0 Å². The van der Waals surface area contributed by atoms with Gasteiger partial charge in [0.2, 0.25) is 0 Å². The summed E-state index contributed by atoms with van der Waals surface area (Å²) in [6.45, 7) is 7.07. The van der Waals surface area contributed by atoms with E-state index in [2.05, 4.69) is 4.74 Å². The lowest BCUT2D eigenvalue weighted by molar-refractivity contribution is -0.200. The molecule has 0 aromatic carbocycles. The number of carbonyl (C=O) groups is 2. The molecule has 0 bridgehead atoms. The van der Waals surface area contributed by atoms with Crippen LogP contribution < -0.4 is 0 Å². The maximum Gasteiger partial charge on any atom is 0.312 e. The fourth-order valence-electron chi connectivity index (χ4n) is 1.97. The molecule has 0 aliphatic carbocycles. The van der Waals surface area contributed by atoms with Crippen molar-refractivity contribution in [3.05, 3.63) is 0 Å². The molecule has 1 unspecified atom stereocenters. The molecule has 1 rings (SSSR count). The highest BCUT2D eigenvalue weighted by molar-refractivity contribution is 5.91. The number of carbonyl (C=O) groups excluding carboxylic acids is 2. The summed E-state index contributed by atoms with van der Waals surface area (Å²) >= 11 is 0. The van der Waals surface area contributed by atoms with Gasteiger partial charge in [0.25, 0.3) is 0 Å². The zero-order valence-corrected chi connectivity index (χ0v) is 9.92. The maximum atomic E-state index is 11.7. The minimum atomic E-state index is -0.811. The Morgan fingerprint density at radius 2 is 1.93 bits per heavy atom. The molecule has 0 aromatic heterocycles. The van der Waals surface area contributed by atoms with Crippen molar-refractivity contribution in [3.63, 3.8) is 0 Å². The van der Waals surface area contributed by atoms with E-state index in [0.717, 1.165) is 0 Å². The Labute approximate surface area is 89.9 Å². The molecule has 0 amide bonds. The lowest BCUT2D eigenvalue weighted by Crippen LogP contribution is -2.55. The first-order chi connectivity index (χ1) is 6.70. The molecule has 1 saturated heterocycles. The average Bonchev–Trinajstić information content (AvgIpc) is 2.08. The van der Waals surface area contributed by atoms with Crippen LogP contribution in [0.3, 0.4) is 0 Å². The number of methoxy groups -OCH3 is 1. The van der Waals surface area contributed by atoms with Crippen LogP contribution in [0.25, 0.3) is 0 Å². The summed E-state index contributed by atoms with van der Waals surface area (Å²) in [7, 11) is 1.32. The van der Waals surface area contributed by atoms with Gasteiger partial charge in [-0.1, -0.05) is 0 Å². The largest absolute Gasteiger partial charge is 0.469 e. The third kappa shape index (κ3) is 2.20. The third-order valence-corrected chi connectivity index (χ3v) is 2.90. The molecule has 1 atom stereocenters. The Bertz CT molecular complexity index is 291. The smallest absolute Gasteiger partial charge is 0.312 e. The van der Waals surface area contributed by atoms with Gasteiger partial charge in [-0.25, -0.2) is 0 Å². The lowest BCUT2D eigenvalue weighted by atomic mass is 9.79. The van der Waals surface area contributed by atoms with Crippen molar-refractivity contribution in [2.24, 2.45) is 5.92 Å². The summed E-state index contributed by atoms with van der Waals surface area (Å²) in [5, 5.41) is 0. The first-order valence-electron chi connectivity index (χ1n) is 5.02. The highest BCUT2D eigenvalue weighted by Gasteiger charge is 2.50. The maximum absolute atomic E-state index is 11.7. The van der Waals surface area contributed by atoms with Crippen LogP contribution in [0.4, 0.5) is 0 Å². The lowest BCUT2D eigenvalue weighted by Gasteiger charge is -2.44. The number of rotatable bonds is 1. The molecule has 1 aliphatic heterocycles. The van der Waals surface area contributed by atoms with Crippen LogP contribution >= 0.6 is 0 Å². The number of esters is 1. The Kier molecular flexibility index (Phi) is 2.92. The van der Waals surface area contributed by atoms with Crippen LogP contribution in [0.2, 0.25) is 0 Å². The molecule has 0 spiro atoms. The van der Waals surface area contributed by atoms with E-state index in [0.29, 0.717) is 0 Å². The van der Waals surface area contributed by atoms with E-state index in [1.54, 1.807) is 13.8 Å². The molecule has 4 nitrogen and oxygen atoms in total. The third-order valence-electron chi connectivity index (χ3n) is 2.90. The van der Waals surface area contributed by atoms with Gasteiger partial charge in [0.15, 0.2) is 5.78 Å². The molecule has 0 N–H and O–H groups in total. The van der Waals surface area contributed by atoms with Crippen molar-refractivity contribution >= 4 is 11.8 Å². The Hall–Kier alpha value is -0.900. The molecule has 0 aromatic rings. The zero-order chi connectivity index (χ0) is 11.9. The van der Waals surface area contributed by atoms with Crippen molar-refractivity contribution < 1.29 is 19.1 Å². The van der Waals surface area contributed by atoms with Crippen LogP contribution in [0.15, 0.2) is 0 Å². The molecule has 1 fully saturated rings. The topological polar surface area (TPSA) is 52.6 Å². The summed E-state index contributed by atoms with van der Waals surface area (Å²) in [6, 6.07) is 0. The predicted molar refractivity (Wildman–Crippen MR) is 54.4 cm³/mol. The zero-order valence-electron chi connectivity index (χ0n) is 9.92. The van der Waals surface area contributed by atoms with Gasteiger partial charge in [0.05, 0.1) is 18.6 Å². The van der Waals surface area contributed by atoms with Crippen LogP contribution in [-0.4, -0.2) is 30.1 Å². The summed E-state index contributed by atoms with van der Waals surface area (Å²) in [4.78, 5) is 23.2. The molecule has 1 heterocycles. The molecular weight excluding hydrogens is 196 g/mol. The minimum absolute atomic E-state index is 0.0581. The normalized spacial score (nSPS) is 28.6. The van der Waals surface area contributed by atoms with Gasteiger partial charge >= 0.3 is 5.97 Å². The summed E-state index contributed by atoms with van der Waals surface area (Å²) in [5.74, 6) is -0.955. The van der Waals surface area contributed by atoms with Crippen LogP contribution in [0.5, 0.6) is 0 Å². The van der Waals surface area contributed by atoms with Gasteiger partial charge in [-0.05, 0) is 27.7 Å².